The highest BCUT2D eigenvalue weighted by atomic mass is 32.2. The van der Waals surface area contributed by atoms with Crippen molar-refractivity contribution in [1.29, 1.82) is 0 Å². The van der Waals surface area contributed by atoms with Crippen molar-refractivity contribution in [3.63, 3.8) is 0 Å². The van der Waals surface area contributed by atoms with Crippen LogP contribution in [0.2, 0.25) is 0 Å². The van der Waals surface area contributed by atoms with E-state index in [0.29, 0.717) is 12.1 Å². The monoisotopic (exact) mass is 477 g/mol. The summed E-state index contributed by atoms with van der Waals surface area (Å²) >= 11 is 1.23. The van der Waals surface area contributed by atoms with Crippen LogP contribution in [0.15, 0.2) is 90.0 Å². The molecule has 0 saturated carbocycles. The van der Waals surface area contributed by atoms with Crippen LogP contribution in [-0.4, -0.2) is 19.2 Å². The minimum Gasteiger partial charge on any atom is -0.326 e. The molecule has 3 N–H and O–H groups in total. The smallest absolute Gasteiger partial charge is 0.241 e. The summed E-state index contributed by atoms with van der Waals surface area (Å²) in [6.07, 6.45) is 1.64. The Hall–Kier alpha value is -3.17. The van der Waals surface area contributed by atoms with Crippen molar-refractivity contribution in [3.05, 3.63) is 107 Å². The molecule has 0 spiro atoms. The van der Waals surface area contributed by atoms with Crippen LogP contribution in [0.5, 0.6) is 0 Å². The average molecular weight is 478 g/mol. The minimum absolute atomic E-state index is 0.0913. The van der Waals surface area contributed by atoms with Crippen LogP contribution in [0.3, 0.4) is 0 Å². The fourth-order valence-corrected chi connectivity index (χ4v) is 5.38. The lowest BCUT2D eigenvalue weighted by molar-refractivity contribution is 0.0953. The SMILES string of the molecule is Cc1ccc(S(=O)(=O)NC(C(=O)c2ncc(-c3ccccc3)s2)c2ccc(CN)cc2)cc1. The van der Waals surface area contributed by atoms with Crippen LogP contribution in [0, 0.1) is 6.92 Å². The molecule has 0 radical (unpaired) electrons. The van der Waals surface area contributed by atoms with Crippen molar-refractivity contribution < 1.29 is 13.2 Å². The number of nitrogens with zero attached hydrogens (tertiary/aromatic N) is 1. The molecule has 6 nitrogen and oxygen atoms in total. The van der Waals surface area contributed by atoms with Crippen LogP contribution in [0.4, 0.5) is 0 Å². The zero-order valence-electron chi connectivity index (χ0n) is 17.9. The molecule has 3 aromatic carbocycles. The van der Waals surface area contributed by atoms with E-state index in [1.54, 1.807) is 42.6 Å². The van der Waals surface area contributed by atoms with Crippen LogP contribution in [-0.2, 0) is 16.6 Å². The number of aromatic nitrogens is 1. The number of nitrogens with two attached hydrogens (primary N) is 1. The molecule has 0 amide bonds. The summed E-state index contributed by atoms with van der Waals surface area (Å²) in [5, 5.41) is 0.230. The number of Topliss-reactive ketones (excluding diaryl/α,β-unsaturated/α-hetero) is 1. The van der Waals surface area contributed by atoms with E-state index in [1.807, 2.05) is 37.3 Å². The molecule has 0 bridgehead atoms. The molecule has 1 aromatic heterocycles. The minimum atomic E-state index is -3.96. The number of hydrogen-bond acceptors (Lipinski definition) is 6. The van der Waals surface area contributed by atoms with Gasteiger partial charge in [-0.15, -0.1) is 11.3 Å². The van der Waals surface area contributed by atoms with E-state index in [4.69, 9.17) is 5.73 Å². The molecule has 1 atom stereocenters. The molecule has 4 rings (SSSR count). The number of carbonyl (C=O) groups is 1. The summed E-state index contributed by atoms with van der Waals surface area (Å²) in [6.45, 7) is 2.23. The molecular formula is C25H23N3O3S2. The Morgan fingerprint density at radius 3 is 2.30 bits per heavy atom. The van der Waals surface area contributed by atoms with Crippen molar-refractivity contribution in [2.45, 2.75) is 24.4 Å². The molecule has 168 valence electrons. The third-order valence-electron chi connectivity index (χ3n) is 5.19. The van der Waals surface area contributed by atoms with Gasteiger partial charge in [-0.3, -0.25) is 4.79 Å². The maximum atomic E-state index is 13.5. The summed E-state index contributed by atoms with van der Waals surface area (Å²) in [5.74, 6) is -0.418. The van der Waals surface area contributed by atoms with E-state index >= 15 is 0 Å². The Morgan fingerprint density at radius 1 is 1.00 bits per heavy atom. The summed E-state index contributed by atoms with van der Waals surface area (Å²) in [6, 6.07) is 22.0. The van der Waals surface area contributed by atoms with Gasteiger partial charge in [-0.2, -0.15) is 4.72 Å². The number of sulfonamides is 1. The third kappa shape index (κ3) is 5.26. The van der Waals surface area contributed by atoms with Gasteiger partial charge < -0.3 is 5.73 Å². The van der Waals surface area contributed by atoms with Crippen LogP contribution in [0.25, 0.3) is 10.4 Å². The molecule has 4 aromatic rings. The number of hydrogen-bond donors (Lipinski definition) is 2. The molecule has 1 unspecified atom stereocenters. The second-order valence-electron chi connectivity index (χ2n) is 7.57. The van der Waals surface area contributed by atoms with E-state index in [0.717, 1.165) is 21.6 Å². The molecule has 1 heterocycles. The second-order valence-corrected chi connectivity index (χ2v) is 10.3. The standard InChI is InChI=1S/C25H23N3O3S2/c1-17-7-13-21(14-8-17)33(30,31)28-23(20-11-9-18(15-26)10-12-20)24(29)25-27-16-22(32-25)19-5-3-2-4-6-19/h2-14,16,23,28H,15,26H2,1H3. The fourth-order valence-electron chi connectivity index (χ4n) is 3.31. The predicted molar refractivity (Wildman–Crippen MR) is 130 cm³/mol. The molecule has 0 aliphatic carbocycles. The molecule has 33 heavy (non-hydrogen) atoms. The molecule has 0 aliphatic rings. The normalized spacial score (nSPS) is 12.4. The van der Waals surface area contributed by atoms with Gasteiger partial charge in [0.05, 0.1) is 9.77 Å². The number of benzene rings is 3. The van der Waals surface area contributed by atoms with E-state index in [-0.39, 0.29) is 9.90 Å². The van der Waals surface area contributed by atoms with Gasteiger partial charge in [0, 0.05) is 12.7 Å². The zero-order valence-corrected chi connectivity index (χ0v) is 19.6. The maximum Gasteiger partial charge on any atom is 0.241 e. The molecule has 8 heteroatoms. The fraction of sp³-hybridized carbons (Fsp3) is 0.120. The Labute approximate surface area is 197 Å². The van der Waals surface area contributed by atoms with Gasteiger partial charge >= 0.3 is 0 Å². The predicted octanol–water partition coefficient (Wildman–Crippen LogP) is 4.48. The molecule has 0 aliphatic heterocycles. The average Bonchev–Trinajstić information content (AvgIpc) is 3.34. The summed E-state index contributed by atoms with van der Waals surface area (Å²) in [7, 11) is -3.96. The zero-order chi connectivity index (χ0) is 23.4. The van der Waals surface area contributed by atoms with Crippen molar-refractivity contribution in [1.82, 2.24) is 9.71 Å². The summed E-state index contributed by atoms with van der Waals surface area (Å²) in [5.41, 5.74) is 8.97. The quantitative estimate of drug-likeness (QED) is 0.364. The largest absolute Gasteiger partial charge is 0.326 e. The van der Waals surface area contributed by atoms with E-state index < -0.39 is 21.8 Å². The van der Waals surface area contributed by atoms with Crippen LogP contribution >= 0.6 is 11.3 Å². The van der Waals surface area contributed by atoms with Gasteiger partial charge in [-0.25, -0.2) is 13.4 Å². The lowest BCUT2D eigenvalue weighted by Gasteiger charge is -2.18. The van der Waals surface area contributed by atoms with E-state index in [2.05, 4.69) is 9.71 Å². The van der Waals surface area contributed by atoms with E-state index in [9.17, 15) is 13.2 Å². The molecule has 0 saturated heterocycles. The van der Waals surface area contributed by atoms with Gasteiger partial charge in [0.25, 0.3) is 0 Å². The molecule has 0 fully saturated rings. The maximum absolute atomic E-state index is 13.5. The third-order valence-corrected chi connectivity index (χ3v) is 7.69. The molecular weight excluding hydrogens is 454 g/mol. The highest BCUT2D eigenvalue weighted by Gasteiger charge is 2.30. The van der Waals surface area contributed by atoms with Gasteiger partial charge in [0.2, 0.25) is 15.8 Å². The van der Waals surface area contributed by atoms with Crippen molar-refractivity contribution in [3.8, 4) is 10.4 Å². The summed E-state index contributed by atoms with van der Waals surface area (Å²) in [4.78, 5) is 18.7. The van der Waals surface area contributed by atoms with Crippen LogP contribution in [0.1, 0.15) is 32.5 Å². The van der Waals surface area contributed by atoms with Gasteiger partial charge in [-0.1, -0.05) is 72.3 Å². The number of nitrogens with one attached hydrogen (secondary N) is 1. The number of rotatable bonds is 8. The topological polar surface area (TPSA) is 102 Å². The number of carbonyl (C=O) groups excluding carboxylic acids is 1. The Morgan fingerprint density at radius 2 is 1.67 bits per heavy atom. The Bertz CT molecular complexity index is 1350. The van der Waals surface area contributed by atoms with Crippen LogP contribution < -0.4 is 10.5 Å². The van der Waals surface area contributed by atoms with Gasteiger partial charge in [0.15, 0.2) is 5.01 Å². The van der Waals surface area contributed by atoms with E-state index in [1.165, 1.54) is 23.5 Å². The van der Waals surface area contributed by atoms with Crippen molar-refractivity contribution >= 4 is 27.1 Å². The summed E-state index contributed by atoms with van der Waals surface area (Å²) < 4.78 is 28.8. The first-order valence-corrected chi connectivity index (χ1v) is 12.6. The number of ketones is 1. The lowest BCUT2D eigenvalue weighted by Crippen LogP contribution is -2.34. The second kappa shape index (κ2) is 9.76. The van der Waals surface area contributed by atoms with Crippen molar-refractivity contribution in [2.24, 2.45) is 5.73 Å². The lowest BCUT2D eigenvalue weighted by atomic mass is 10.0. The first kappa shape index (κ1) is 23.0. The Balaban J connectivity index is 1.70. The number of thiazole rings is 1. The Kier molecular flexibility index (Phi) is 6.80. The van der Waals surface area contributed by atoms with Gasteiger partial charge in [-0.05, 0) is 35.7 Å². The first-order chi connectivity index (χ1) is 15.9. The highest BCUT2D eigenvalue weighted by Crippen LogP contribution is 2.29. The van der Waals surface area contributed by atoms with Crippen molar-refractivity contribution in [2.75, 3.05) is 0 Å². The number of aryl methyl sites for hydroxylation is 1. The van der Waals surface area contributed by atoms with Gasteiger partial charge in [0.1, 0.15) is 6.04 Å². The highest BCUT2D eigenvalue weighted by molar-refractivity contribution is 7.89. The first-order valence-electron chi connectivity index (χ1n) is 10.3.